The number of hydrogen-bond acceptors (Lipinski definition) is 15. The first-order valence-electron chi connectivity index (χ1n) is 18.7. The summed E-state index contributed by atoms with van der Waals surface area (Å²) in [5, 5.41) is 71.8. The smallest absolute Gasteiger partial charge is 0.311 e. The van der Waals surface area contributed by atoms with Crippen molar-refractivity contribution in [2.75, 3.05) is 21.2 Å². The highest BCUT2D eigenvalue weighted by atomic mass is 16.7. The van der Waals surface area contributed by atoms with Crippen LogP contribution in [0.15, 0.2) is 5.16 Å². The van der Waals surface area contributed by atoms with Crippen molar-refractivity contribution in [2.24, 2.45) is 28.8 Å². The fourth-order valence-corrected chi connectivity index (χ4v) is 8.61. The van der Waals surface area contributed by atoms with Crippen LogP contribution in [0.1, 0.15) is 94.9 Å². The third kappa shape index (κ3) is 9.47. The first kappa shape index (κ1) is 44.9. The number of likely N-dealkylation sites (N-methyl/N-ethyl adjacent to an activating group) is 1. The quantitative estimate of drug-likeness (QED) is 0.125. The van der Waals surface area contributed by atoms with Crippen LogP contribution in [0.5, 0.6) is 0 Å². The lowest BCUT2D eigenvalue weighted by atomic mass is 9.73. The van der Waals surface area contributed by atoms with Crippen molar-refractivity contribution in [2.45, 2.75) is 179 Å². The maximum absolute atomic E-state index is 14.1. The van der Waals surface area contributed by atoms with Crippen LogP contribution in [0.4, 0.5) is 0 Å². The van der Waals surface area contributed by atoms with Gasteiger partial charge in [-0.1, -0.05) is 32.9 Å². The Bertz CT molecular complexity index is 1200. The monoisotopic (exact) mass is 748 g/mol. The molecule has 6 N–H and O–H groups in total. The van der Waals surface area contributed by atoms with Gasteiger partial charge >= 0.3 is 5.97 Å². The molecule has 0 amide bonds. The molecule has 0 aromatic rings. The second-order valence-electron chi connectivity index (χ2n) is 16.6. The van der Waals surface area contributed by atoms with Crippen molar-refractivity contribution in [1.82, 2.24) is 4.90 Å². The van der Waals surface area contributed by atoms with Crippen LogP contribution in [0.25, 0.3) is 0 Å². The second kappa shape index (κ2) is 17.5. The summed E-state index contributed by atoms with van der Waals surface area (Å²) in [7, 11) is 5.19. The van der Waals surface area contributed by atoms with Crippen molar-refractivity contribution in [3.8, 4) is 0 Å². The number of rotatable bonds is 7. The summed E-state index contributed by atoms with van der Waals surface area (Å²) in [4.78, 5) is 16.0. The molecule has 3 heterocycles. The Morgan fingerprint density at radius 3 is 2.08 bits per heavy atom. The Hall–Kier alpha value is -1.50. The molecular formula is C37H68N2O13. The zero-order valence-corrected chi connectivity index (χ0v) is 33.4. The molecule has 15 nitrogen and oxygen atoms in total. The van der Waals surface area contributed by atoms with Crippen LogP contribution in [0, 0.1) is 23.7 Å². The predicted octanol–water partition coefficient (Wildman–Crippen LogP) is 2.05. The van der Waals surface area contributed by atoms with Crippen molar-refractivity contribution >= 4 is 11.7 Å². The fourth-order valence-electron chi connectivity index (χ4n) is 8.61. The van der Waals surface area contributed by atoms with Gasteiger partial charge in [0.15, 0.2) is 12.6 Å². The molecule has 0 spiro atoms. The van der Waals surface area contributed by atoms with Crippen LogP contribution < -0.4 is 0 Å². The number of carbonyl (C=O) groups excluding carboxylic acids is 1. The molecule has 3 fully saturated rings. The molecule has 15 heteroatoms. The van der Waals surface area contributed by atoms with Crippen molar-refractivity contribution in [3.63, 3.8) is 0 Å². The fraction of sp³-hybridized carbons (Fsp3) is 0.946. The molecular weight excluding hydrogens is 680 g/mol. The molecule has 0 saturated carbocycles. The normalized spacial score (nSPS) is 49.8. The summed E-state index contributed by atoms with van der Waals surface area (Å²) >= 11 is 0. The van der Waals surface area contributed by atoms with E-state index in [-0.39, 0.29) is 37.1 Å². The molecule has 3 aliphatic heterocycles. The number of hydrogen-bond donors (Lipinski definition) is 6. The first-order valence-corrected chi connectivity index (χ1v) is 18.7. The maximum Gasteiger partial charge on any atom is 0.311 e. The molecule has 1 unspecified atom stereocenters. The van der Waals surface area contributed by atoms with Gasteiger partial charge in [0.2, 0.25) is 0 Å². The van der Waals surface area contributed by atoms with Crippen LogP contribution in [-0.4, -0.2) is 153 Å². The summed E-state index contributed by atoms with van der Waals surface area (Å²) in [6.07, 6.45) is -9.51. The molecule has 0 bridgehead atoms. The van der Waals surface area contributed by atoms with E-state index in [9.17, 15) is 35.5 Å². The molecule has 0 radical (unpaired) electrons. The van der Waals surface area contributed by atoms with Crippen molar-refractivity contribution < 1.29 is 64.0 Å². The van der Waals surface area contributed by atoms with Gasteiger partial charge < -0.3 is 64.1 Å². The van der Waals surface area contributed by atoms with E-state index >= 15 is 0 Å². The van der Waals surface area contributed by atoms with Crippen molar-refractivity contribution in [1.29, 1.82) is 0 Å². The summed E-state index contributed by atoms with van der Waals surface area (Å²) < 4.78 is 37.2. The zero-order valence-electron chi connectivity index (χ0n) is 33.4. The van der Waals surface area contributed by atoms with Gasteiger partial charge in [0.25, 0.3) is 0 Å². The van der Waals surface area contributed by atoms with E-state index < -0.39 is 102 Å². The molecule has 0 aliphatic carbocycles. The van der Waals surface area contributed by atoms with E-state index in [1.54, 1.807) is 55.4 Å². The number of carbonyl (C=O) groups is 1. The average molecular weight is 749 g/mol. The van der Waals surface area contributed by atoms with Gasteiger partial charge in [-0.3, -0.25) is 4.79 Å². The molecule has 0 aromatic heterocycles. The van der Waals surface area contributed by atoms with E-state index in [1.807, 2.05) is 25.9 Å². The number of oxime groups is 1. The highest BCUT2D eigenvalue weighted by Crippen LogP contribution is 2.41. The van der Waals surface area contributed by atoms with Gasteiger partial charge in [0.05, 0.1) is 53.4 Å². The number of cyclic esters (lactones) is 1. The lowest BCUT2D eigenvalue weighted by Crippen LogP contribution is -2.61. The van der Waals surface area contributed by atoms with E-state index in [0.717, 1.165) is 0 Å². The van der Waals surface area contributed by atoms with Crippen LogP contribution >= 0.6 is 0 Å². The van der Waals surface area contributed by atoms with Gasteiger partial charge in [-0.15, -0.1) is 0 Å². The number of aliphatic hydroxyl groups excluding tert-OH is 3. The van der Waals surface area contributed by atoms with Crippen molar-refractivity contribution in [3.05, 3.63) is 0 Å². The van der Waals surface area contributed by atoms with Crippen LogP contribution in [0.3, 0.4) is 0 Å². The Morgan fingerprint density at radius 1 is 0.923 bits per heavy atom. The standard InChI is InChI=1S/C37H68N2O13/c1-14-25-37(10,45)30(41)20(4)27(38-46)18(2)16-35(8,44)32(52-34-28(40)24(39(11)12)15-19(3)48-34)21(5)29(22(6)33(43)50-25)51-26-17-36(9,47-13)31(42)23(7)49-26/h18-26,28-32,34,40-42,44-46H,14-17H2,1-13H3/t18-,19-,20+,21+,22-,23+,24+,25-,26+,28-,29?,30-,31+,32-,34+,35-,36-,37-/m1/s1. The molecule has 3 rings (SSSR count). The highest BCUT2D eigenvalue weighted by molar-refractivity contribution is 5.88. The molecule has 3 saturated heterocycles. The van der Waals surface area contributed by atoms with Gasteiger partial charge in [0.1, 0.15) is 23.9 Å². The van der Waals surface area contributed by atoms with Gasteiger partial charge in [0, 0.05) is 37.3 Å². The lowest BCUT2D eigenvalue weighted by molar-refractivity contribution is -0.317. The zero-order chi connectivity index (χ0) is 39.7. The first-order chi connectivity index (χ1) is 24.0. The topological polar surface area (TPSA) is 209 Å². The van der Waals surface area contributed by atoms with Crippen LogP contribution in [0.2, 0.25) is 0 Å². The number of aliphatic hydroxyl groups is 5. The molecule has 0 aromatic carbocycles. The third-order valence-corrected chi connectivity index (χ3v) is 12.0. The summed E-state index contributed by atoms with van der Waals surface area (Å²) in [6.45, 7) is 16.6. The van der Waals surface area contributed by atoms with E-state index in [4.69, 9.17) is 28.4 Å². The SMILES string of the molecule is CC[C@H]1OC(=O)[C@H](C)C(O[C@H]2C[C@@](C)(OC)[C@@H](O)[C@H](C)O2)[C@H](C)[C@@H](O[C@@H]2O[C@H](C)C[C@H](N(C)C)[C@H]2O)[C@](C)(O)C[C@@H](C)C(=NO)[C@H](C)[C@@H](O)[C@]1(C)O. The Morgan fingerprint density at radius 2 is 1.54 bits per heavy atom. The second-order valence-corrected chi connectivity index (χ2v) is 16.6. The summed E-state index contributed by atoms with van der Waals surface area (Å²) in [5.41, 5.74) is -4.68. The minimum Gasteiger partial charge on any atom is -0.459 e. The number of esters is 1. The lowest BCUT2D eigenvalue weighted by Gasteiger charge is -2.49. The predicted molar refractivity (Wildman–Crippen MR) is 190 cm³/mol. The minimum atomic E-state index is -1.97. The average Bonchev–Trinajstić information content (AvgIpc) is 3.06. The van der Waals surface area contributed by atoms with Gasteiger partial charge in [-0.25, -0.2) is 0 Å². The molecule has 18 atom stereocenters. The van der Waals surface area contributed by atoms with E-state index in [0.29, 0.717) is 6.42 Å². The molecule has 304 valence electrons. The molecule has 52 heavy (non-hydrogen) atoms. The Balaban J connectivity index is 2.21. The number of methoxy groups -OCH3 is 1. The van der Waals surface area contributed by atoms with E-state index in [2.05, 4.69) is 5.16 Å². The number of nitrogens with zero attached hydrogens (tertiary/aromatic N) is 2. The summed E-state index contributed by atoms with van der Waals surface area (Å²) in [5.74, 6) is -4.24. The minimum absolute atomic E-state index is 0.0657. The Kier molecular flexibility index (Phi) is 15.1. The summed E-state index contributed by atoms with van der Waals surface area (Å²) in [6, 6.07) is -0.322. The largest absolute Gasteiger partial charge is 0.459 e. The van der Waals surface area contributed by atoms with E-state index in [1.165, 1.54) is 14.0 Å². The van der Waals surface area contributed by atoms with Gasteiger partial charge in [-0.2, -0.15) is 0 Å². The highest BCUT2D eigenvalue weighted by Gasteiger charge is 2.53. The number of ether oxygens (including phenoxy) is 6. The maximum atomic E-state index is 14.1. The van der Waals surface area contributed by atoms with Crippen LogP contribution in [-0.2, 0) is 33.2 Å². The Labute approximate surface area is 309 Å². The van der Waals surface area contributed by atoms with Gasteiger partial charge in [-0.05, 0) is 74.9 Å². The third-order valence-electron chi connectivity index (χ3n) is 12.0. The molecule has 3 aliphatic rings.